The summed E-state index contributed by atoms with van der Waals surface area (Å²) in [5.74, 6) is 0.951. The van der Waals surface area contributed by atoms with Crippen molar-refractivity contribution >= 4 is 0 Å². The Morgan fingerprint density at radius 2 is 1.44 bits per heavy atom. The molecule has 94 valence electrons. The standard InChI is InChI=1S/C14H28N2/c1-11-3-2-4-13(8-5-11)16-14-9-6-12(15)7-10-14/h11-14,16H,2-10,15H2,1H3. The molecule has 0 aromatic carbocycles. The summed E-state index contributed by atoms with van der Waals surface area (Å²) in [6, 6.07) is 2.04. The van der Waals surface area contributed by atoms with Gasteiger partial charge in [-0.3, -0.25) is 0 Å². The van der Waals surface area contributed by atoms with Crippen molar-refractivity contribution in [3.63, 3.8) is 0 Å². The predicted molar refractivity (Wildman–Crippen MR) is 69.4 cm³/mol. The third-order valence-corrected chi connectivity index (χ3v) is 4.50. The van der Waals surface area contributed by atoms with E-state index < -0.39 is 0 Å². The van der Waals surface area contributed by atoms with Gasteiger partial charge >= 0.3 is 0 Å². The average Bonchev–Trinajstić information content (AvgIpc) is 2.47. The molecule has 0 spiro atoms. The van der Waals surface area contributed by atoms with E-state index in [-0.39, 0.29) is 0 Å². The predicted octanol–water partition coefficient (Wildman–Crippen LogP) is 2.81. The van der Waals surface area contributed by atoms with E-state index in [1.807, 2.05) is 0 Å². The number of hydrogen-bond donors (Lipinski definition) is 2. The fourth-order valence-corrected chi connectivity index (χ4v) is 3.27. The van der Waals surface area contributed by atoms with Gasteiger partial charge in [-0.05, 0) is 50.9 Å². The number of nitrogens with two attached hydrogens (primary N) is 1. The zero-order valence-corrected chi connectivity index (χ0v) is 10.8. The van der Waals surface area contributed by atoms with E-state index in [0.29, 0.717) is 6.04 Å². The zero-order valence-electron chi connectivity index (χ0n) is 10.8. The smallest absolute Gasteiger partial charge is 0.00708 e. The van der Waals surface area contributed by atoms with Crippen molar-refractivity contribution in [2.45, 2.75) is 82.8 Å². The molecular formula is C14H28N2. The molecule has 2 atom stereocenters. The Hall–Kier alpha value is -0.0800. The Kier molecular flexibility index (Phi) is 4.66. The molecule has 2 nitrogen and oxygen atoms in total. The molecule has 2 unspecified atom stereocenters. The number of nitrogens with one attached hydrogen (secondary N) is 1. The normalized spacial score (nSPS) is 41.6. The molecule has 2 aliphatic carbocycles. The Labute approximate surface area is 100 Å². The van der Waals surface area contributed by atoms with Gasteiger partial charge in [0.25, 0.3) is 0 Å². The van der Waals surface area contributed by atoms with Crippen molar-refractivity contribution in [2.75, 3.05) is 0 Å². The van der Waals surface area contributed by atoms with Crippen molar-refractivity contribution in [2.24, 2.45) is 11.7 Å². The van der Waals surface area contributed by atoms with Gasteiger partial charge in [0.2, 0.25) is 0 Å². The molecule has 0 aromatic heterocycles. The summed E-state index contributed by atoms with van der Waals surface area (Å²) in [5, 5.41) is 3.88. The molecule has 0 aromatic rings. The second kappa shape index (κ2) is 6.02. The number of rotatable bonds is 2. The summed E-state index contributed by atoms with van der Waals surface area (Å²) in [6.07, 6.45) is 12.1. The van der Waals surface area contributed by atoms with Crippen LogP contribution in [0.4, 0.5) is 0 Å². The van der Waals surface area contributed by atoms with E-state index in [9.17, 15) is 0 Å². The summed E-state index contributed by atoms with van der Waals surface area (Å²) in [7, 11) is 0. The lowest BCUT2D eigenvalue weighted by Gasteiger charge is -2.30. The highest BCUT2D eigenvalue weighted by molar-refractivity contribution is 4.83. The topological polar surface area (TPSA) is 38.0 Å². The van der Waals surface area contributed by atoms with Gasteiger partial charge in [-0.15, -0.1) is 0 Å². The molecule has 2 aliphatic rings. The van der Waals surface area contributed by atoms with Crippen LogP contribution in [0.15, 0.2) is 0 Å². The molecule has 2 heteroatoms. The highest BCUT2D eigenvalue weighted by Crippen LogP contribution is 2.25. The first-order chi connectivity index (χ1) is 7.74. The number of hydrogen-bond acceptors (Lipinski definition) is 2. The van der Waals surface area contributed by atoms with E-state index in [4.69, 9.17) is 5.73 Å². The second-order valence-electron chi connectivity index (χ2n) is 6.09. The highest BCUT2D eigenvalue weighted by Gasteiger charge is 2.22. The summed E-state index contributed by atoms with van der Waals surface area (Å²) < 4.78 is 0. The van der Waals surface area contributed by atoms with Crippen molar-refractivity contribution < 1.29 is 0 Å². The largest absolute Gasteiger partial charge is 0.328 e. The van der Waals surface area contributed by atoms with E-state index in [2.05, 4.69) is 12.2 Å². The van der Waals surface area contributed by atoms with Crippen molar-refractivity contribution in [1.29, 1.82) is 0 Å². The van der Waals surface area contributed by atoms with Crippen LogP contribution in [0.25, 0.3) is 0 Å². The van der Waals surface area contributed by atoms with E-state index in [0.717, 1.165) is 18.0 Å². The van der Waals surface area contributed by atoms with Crippen LogP contribution in [0.1, 0.15) is 64.7 Å². The fraction of sp³-hybridized carbons (Fsp3) is 1.00. The summed E-state index contributed by atoms with van der Waals surface area (Å²) in [6.45, 7) is 2.40. The maximum atomic E-state index is 5.95. The van der Waals surface area contributed by atoms with Gasteiger partial charge in [-0.25, -0.2) is 0 Å². The summed E-state index contributed by atoms with van der Waals surface area (Å²) >= 11 is 0. The molecule has 0 saturated heterocycles. The van der Waals surface area contributed by atoms with Crippen LogP contribution >= 0.6 is 0 Å². The van der Waals surface area contributed by atoms with Gasteiger partial charge in [0.15, 0.2) is 0 Å². The molecule has 0 heterocycles. The van der Waals surface area contributed by atoms with Gasteiger partial charge in [-0.2, -0.15) is 0 Å². The third-order valence-electron chi connectivity index (χ3n) is 4.50. The molecule has 16 heavy (non-hydrogen) atoms. The van der Waals surface area contributed by atoms with Crippen LogP contribution in [-0.2, 0) is 0 Å². The minimum Gasteiger partial charge on any atom is -0.328 e. The van der Waals surface area contributed by atoms with Crippen molar-refractivity contribution in [1.82, 2.24) is 5.32 Å². The van der Waals surface area contributed by atoms with Crippen LogP contribution < -0.4 is 11.1 Å². The van der Waals surface area contributed by atoms with Crippen LogP contribution in [0.3, 0.4) is 0 Å². The lowest BCUT2D eigenvalue weighted by Crippen LogP contribution is -2.42. The first kappa shape index (κ1) is 12.4. The molecule has 0 amide bonds. The Bertz CT molecular complexity index is 197. The minimum atomic E-state index is 0.479. The van der Waals surface area contributed by atoms with Crippen LogP contribution in [0, 0.1) is 5.92 Å². The maximum Gasteiger partial charge on any atom is 0.00708 e. The van der Waals surface area contributed by atoms with E-state index in [1.165, 1.54) is 57.8 Å². The lowest BCUT2D eigenvalue weighted by atomic mass is 9.91. The Balaban J connectivity index is 1.72. The average molecular weight is 224 g/mol. The van der Waals surface area contributed by atoms with E-state index in [1.54, 1.807) is 0 Å². The molecule has 0 bridgehead atoms. The minimum absolute atomic E-state index is 0.479. The molecular weight excluding hydrogens is 196 g/mol. The quantitative estimate of drug-likeness (QED) is 0.708. The monoisotopic (exact) mass is 224 g/mol. The van der Waals surface area contributed by atoms with Crippen LogP contribution in [0.2, 0.25) is 0 Å². The van der Waals surface area contributed by atoms with Gasteiger partial charge in [0.1, 0.15) is 0 Å². The first-order valence-electron chi connectivity index (χ1n) is 7.25. The van der Waals surface area contributed by atoms with Crippen LogP contribution in [0.5, 0.6) is 0 Å². The molecule has 0 radical (unpaired) electrons. The summed E-state index contributed by atoms with van der Waals surface area (Å²) in [4.78, 5) is 0. The molecule has 3 N–H and O–H groups in total. The van der Waals surface area contributed by atoms with Crippen molar-refractivity contribution in [3.05, 3.63) is 0 Å². The van der Waals surface area contributed by atoms with Gasteiger partial charge < -0.3 is 11.1 Å². The fourth-order valence-electron chi connectivity index (χ4n) is 3.27. The summed E-state index contributed by atoms with van der Waals surface area (Å²) in [5.41, 5.74) is 5.95. The second-order valence-corrected chi connectivity index (χ2v) is 6.09. The molecule has 2 fully saturated rings. The van der Waals surface area contributed by atoms with Crippen molar-refractivity contribution in [3.8, 4) is 0 Å². The highest BCUT2D eigenvalue weighted by atomic mass is 15.0. The Morgan fingerprint density at radius 3 is 2.19 bits per heavy atom. The molecule has 2 rings (SSSR count). The third kappa shape index (κ3) is 3.74. The SMILES string of the molecule is CC1CCCC(NC2CCC(N)CC2)CC1. The maximum absolute atomic E-state index is 5.95. The Morgan fingerprint density at radius 1 is 0.812 bits per heavy atom. The molecule has 0 aliphatic heterocycles. The van der Waals surface area contributed by atoms with Gasteiger partial charge in [-0.1, -0.05) is 19.8 Å². The first-order valence-corrected chi connectivity index (χ1v) is 7.25. The van der Waals surface area contributed by atoms with Gasteiger partial charge in [0.05, 0.1) is 0 Å². The van der Waals surface area contributed by atoms with E-state index >= 15 is 0 Å². The lowest BCUT2D eigenvalue weighted by molar-refractivity contribution is 0.300. The molecule has 2 saturated carbocycles. The zero-order chi connectivity index (χ0) is 11.4. The van der Waals surface area contributed by atoms with Crippen LogP contribution in [-0.4, -0.2) is 18.1 Å². The van der Waals surface area contributed by atoms with Gasteiger partial charge in [0, 0.05) is 18.1 Å².